The number of hydrogen-bond acceptors (Lipinski definition) is 2. The number of rotatable bonds is 11. The molecule has 0 heterocycles. The topological polar surface area (TPSA) is 29.5 Å². The highest BCUT2D eigenvalue weighted by molar-refractivity contribution is 6.99. The van der Waals surface area contributed by atoms with E-state index < -0.39 is 8.32 Å². The zero-order valence-corrected chi connectivity index (χ0v) is 26.2. The van der Waals surface area contributed by atoms with Crippen molar-refractivity contribution in [2.45, 2.75) is 93.0 Å². The molecule has 0 saturated heterocycles. The van der Waals surface area contributed by atoms with Gasteiger partial charge in [-0.05, 0) is 75.6 Å². The van der Waals surface area contributed by atoms with Gasteiger partial charge in [-0.25, -0.2) is 0 Å². The van der Waals surface area contributed by atoms with Crippen molar-refractivity contribution in [1.82, 2.24) is 0 Å². The Balaban J connectivity index is 1.85. The summed E-state index contributed by atoms with van der Waals surface area (Å²) in [5.41, 5.74) is 0.431. The summed E-state index contributed by atoms with van der Waals surface area (Å²) in [6.07, 6.45) is 4.77. The van der Waals surface area contributed by atoms with Crippen LogP contribution in [-0.4, -0.2) is 26.6 Å². The highest BCUT2D eigenvalue weighted by Gasteiger charge is 2.53. The number of aliphatic hydroxyl groups is 1. The average Bonchev–Trinajstić information content (AvgIpc) is 3.10. The van der Waals surface area contributed by atoms with Gasteiger partial charge in [0.2, 0.25) is 0 Å². The van der Waals surface area contributed by atoms with E-state index in [1.165, 1.54) is 29.6 Å². The molecule has 1 N–H and O–H groups in total. The van der Waals surface area contributed by atoms with E-state index in [2.05, 4.69) is 123 Å². The Bertz CT molecular complexity index is 923. The van der Waals surface area contributed by atoms with Crippen LogP contribution in [0, 0.1) is 34.5 Å². The molecule has 2 nitrogen and oxygen atoms in total. The van der Waals surface area contributed by atoms with E-state index in [1.54, 1.807) is 0 Å². The first-order valence-electron chi connectivity index (χ1n) is 14.7. The third-order valence-corrected chi connectivity index (χ3v) is 15.7. The fourth-order valence-corrected chi connectivity index (χ4v) is 11.8. The molecule has 2 aromatic rings. The van der Waals surface area contributed by atoms with Crippen LogP contribution in [0.15, 0.2) is 60.7 Å². The molecular weight excluding hydrogens is 468 g/mol. The molecule has 0 amide bonds. The number of hydrogen-bond donors (Lipinski definition) is 1. The van der Waals surface area contributed by atoms with Crippen molar-refractivity contribution in [3.8, 4) is 0 Å². The monoisotopic (exact) mass is 522 g/mol. The second kappa shape index (κ2) is 11.8. The van der Waals surface area contributed by atoms with Crippen LogP contribution in [0.2, 0.25) is 5.04 Å². The van der Waals surface area contributed by atoms with Gasteiger partial charge in [0.25, 0.3) is 8.32 Å². The third kappa shape index (κ3) is 5.79. The van der Waals surface area contributed by atoms with Crippen LogP contribution in [0.5, 0.6) is 0 Å². The van der Waals surface area contributed by atoms with Crippen molar-refractivity contribution in [2.24, 2.45) is 34.5 Å². The van der Waals surface area contributed by atoms with Gasteiger partial charge in [0.1, 0.15) is 0 Å². The largest absolute Gasteiger partial charge is 0.407 e. The highest BCUT2D eigenvalue weighted by Crippen LogP contribution is 2.60. The predicted octanol–water partition coefficient (Wildman–Crippen LogP) is 7.69. The molecule has 1 aliphatic rings. The van der Waals surface area contributed by atoms with E-state index in [4.69, 9.17) is 4.43 Å². The first-order chi connectivity index (χ1) is 17.3. The minimum absolute atomic E-state index is 0.00514. The summed E-state index contributed by atoms with van der Waals surface area (Å²) >= 11 is 0. The van der Waals surface area contributed by atoms with Gasteiger partial charge in [0.05, 0.1) is 0 Å². The van der Waals surface area contributed by atoms with Crippen molar-refractivity contribution < 1.29 is 9.53 Å². The molecule has 206 valence electrons. The van der Waals surface area contributed by atoms with Crippen LogP contribution in [0.3, 0.4) is 0 Å². The van der Waals surface area contributed by atoms with E-state index in [0.717, 1.165) is 13.0 Å². The standard InChI is InChI=1S/C34H54O2Si/c1-26(2)28(21-20-27(3)34(9)23-22-29(24-35)33(34,7)8)25-36-37(32(4,5)6,30-16-12-10-13-17-30)31-18-14-11-15-19-31/h10-19,26-29,35H,20-25H2,1-9H3/t27-,28+,29?,34?/m0/s1. The number of benzene rings is 2. The molecule has 0 aromatic heterocycles. The van der Waals surface area contributed by atoms with Crippen molar-refractivity contribution in [2.75, 3.05) is 13.2 Å². The Morgan fingerprint density at radius 2 is 1.41 bits per heavy atom. The molecule has 1 fully saturated rings. The first kappa shape index (κ1) is 30.1. The van der Waals surface area contributed by atoms with E-state index in [0.29, 0.717) is 30.3 Å². The highest BCUT2D eigenvalue weighted by atomic mass is 28.4. The first-order valence-corrected chi connectivity index (χ1v) is 16.6. The normalized spacial score (nSPS) is 23.8. The van der Waals surface area contributed by atoms with Gasteiger partial charge in [-0.2, -0.15) is 0 Å². The van der Waals surface area contributed by atoms with Gasteiger partial charge in [-0.3, -0.25) is 0 Å². The third-order valence-electron chi connectivity index (χ3n) is 10.7. The molecule has 0 bridgehead atoms. The smallest absolute Gasteiger partial charge is 0.261 e. The Morgan fingerprint density at radius 3 is 1.81 bits per heavy atom. The molecular formula is C34H54O2Si. The van der Waals surface area contributed by atoms with Crippen molar-refractivity contribution in [3.05, 3.63) is 60.7 Å². The number of aliphatic hydroxyl groups excluding tert-OH is 1. The summed E-state index contributed by atoms with van der Waals surface area (Å²) < 4.78 is 7.35. The SMILES string of the molecule is CC(C)[C@H](CC[C@H](C)C1(C)CCC(CO)C1(C)C)CO[Si](c1ccccc1)(c1ccccc1)C(C)(C)C. The lowest BCUT2D eigenvalue weighted by Gasteiger charge is -2.46. The molecule has 2 aromatic carbocycles. The summed E-state index contributed by atoms with van der Waals surface area (Å²) in [6.45, 7) is 22.7. The second-order valence-electron chi connectivity index (χ2n) is 14.0. The predicted molar refractivity (Wildman–Crippen MR) is 162 cm³/mol. The van der Waals surface area contributed by atoms with E-state index in [9.17, 15) is 5.11 Å². The lowest BCUT2D eigenvalue weighted by molar-refractivity contribution is 0.00791. The molecule has 3 rings (SSSR count). The van der Waals surface area contributed by atoms with Gasteiger partial charge in [-0.15, -0.1) is 0 Å². The summed E-state index contributed by atoms with van der Waals surface area (Å²) in [6, 6.07) is 22.0. The maximum absolute atomic E-state index is 9.99. The van der Waals surface area contributed by atoms with Crippen molar-refractivity contribution >= 4 is 18.7 Å². The van der Waals surface area contributed by atoms with Gasteiger partial charge in [0.15, 0.2) is 0 Å². The van der Waals surface area contributed by atoms with Gasteiger partial charge in [-0.1, -0.05) is 123 Å². The summed E-state index contributed by atoms with van der Waals surface area (Å²) in [7, 11) is -2.52. The van der Waals surface area contributed by atoms with Crippen LogP contribution >= 0.6 is 0 Å². The fourth-order valence-electron chi connectivity index (χ4n) is 7.21. The maximum atomic E-state index is 9.99. The minimum Gasteiger partial charge on any atom is -0.407 e. The molecule has 3 heteroatoms. The zero-order valence-electron chi connectivity index (χ0n) is 25.2. The summed E-state index contributed by atoms with van der Waals surface area (Å²) in [5.74, 6) is 2.12. The Hall–Kier alpha value is -1.42. The molecule has 1 aliphatic carbocycles. The average molecular weight is 523 g/mol. The van der Waals surface area contributed by atoms with Crippen LogP contribution in [0.4, 0.5) is 0 Å². The van der Waals surface area contributed by atoms with E-state index in [1.807, 2.05) is 0 Å². The molecule has 0 radical (unpaired) electrons. The lowest BCUT2D eigenvalue weighted by atomic mass is 9.59. The Kier molecular flexibility index (Phi) is 9.57. The van der Waals surface area contributed by atoms with E-state index in [-0.39, 0.29) is 15.9 Å². The van der Waals surface area contributed by atoms with Crippen LogP contribution in [0.25, 0.3) is 0 Å². The van der Waals surface area contributed by atoms with Crippen molar-refractivity contribution in [3.63, 3.8) is 0 Å². The quantitative estimate of drug-likeness (QED) is 0.307. The summed E-state index contributed by atoms with van der Waals surface area (Å²) in [5, 5.41) is 12.7. The minimum atomic E-state index is -2.52. The van der Waals surface area contributed by atoms with Crippen LogP contribution in [-0.2, 0) is 4.43 Å². The molecule has 1 saturated carbocycles. The van der Waals surface area contributed by atoms with Gasteiger partial charge in [0, 0.05) is 13.2 Å². The zero-order chi connectivity index (χ0) is 27.5. The van der Waals surface area contributed by atoms with Crippen LogP contribution in [0.1, 0.15) is 88.0 Å². The molecule has 0 aliphatic heterocycles. The fraction of sp³-hybridized carbons (Fsp3) is 0.647. The van der Waals surface area contributed by atoms with Gasteiger partial charge < -0.3 is 9.53 Å². The Morgan fingerprint density at radius 1 is 0.892 bits per heavy atom. The van der Waals surface area contributed by atoms with Crippen molar-refractivity contribution in [1.29, 1.82) is 0 Å². The molecule has 0 spiro atoms. The molecule has 2 unspecified atom stereocenters. The lowest BCUT2D eigenvalue weighted by Crippen LogP contribution is -2.67. The van der Waals surface area contributed by atoms with E-state index >= 15 is 0 Å². The Labute approximate surface area is 229 Å². The van der Waals surface area contributed by atoms with Crippen LogP contribution < -0.4 is 10.4 Å². The second-order valence-corrected chi connectivity index (χ2v) is 18.3. The summed E-state index contributed by atoms with van der Waals surface area (Å²) in [4.78, 5) is 0. The van der Waals surface area contributed by atoms with Gasteiger partial charge >= 0.3 is 0 Å². The maximum Gasteiger partial charge on any atom is 0.261 e. The molecule has 4 atom stereocenters. The molecule has 37 heavy (non-hydrogen) atoms.